The van der Waals surface area contributed by atoms with Crippen LogP contribution in [0.25, 0.3) is 10.9 Å². The zero-order chi connectivity index (χ0) is 18.3. The molecule has 4 rings (SSSR count). The van der Waals surface area contributed by atoms with E-state index in [0.29, 0.717) is 22.9 Å². The van der Waals surface area contributed by atoms with Crippen molar-refractivity contribution in [2.75, 3.05) is 7.11 Å². The summed E-state index contributed by atoms with van der Waals surface area (Å²) in [4.78, 5) is 28.2. The van der Waals surface area contributed by atoms with Crippen molar-refractivity contribution in [3.05, 3.63) is 69.9 Å². The number of halogens is 1. The molecule has 0 fully saturated rings. The monoisotopic (exact) mass is 367 g/mol. The van der Waals surface area contributed by atoms with Crippen molar-refractivity contribution in [1.82, 2.24) is 4.98 Å². The Morgan fingerprint density at radius 1 is 1.23 bits per heavy atom. The second-order valence-electron chi connectivity index (χ2n) is 6.59. The minimum absolute atomic E-state index is 0.0676. The van der Waals surface area contributed by atoms with Gasteiger partial charge in [-0.25, -0.2) is 4.79 Å². The van der Waals surface area contributed by atoms with Crippen molar-refractivity contribution in [2.24, 2.45) is 0 Å². The first-order valence-corrected chi connectivity index (χ1v) is 8.97. The normalized spacial score (nSPS) is 16.5. The van der Waals surface area contributed by atoms with Gasteiger partial charge in [-0.2, -0.15) is 0 Å². The van der Waals surface area contributed by atoms with E-state index in [2.05, 4.69) is 4.98 Å². The topological polar surface area (TPSA) is 59.2 Å². The highest BCUT2D eigenvalue weighted by Gasteiger charge is 2.32. The molecule has 1 heterocycles. The van der Waals surface area contributed by atoms with E-state index >= 15 is 0 Å². The van der Waals surface area contributed by atoms with Gasteiger partial charge < -0.3 is 9.72 Å². The number of nitrogens with one attached hydrogen (secondary N) is 1. The second-order valence-corrected chi connectivity index (χ2v) is 6.99. The van der Waals surface area contributed by atoms with Gasteiger partial charge in [-0.1, -0.05) is 35.9 Å². The molecule has 2 aromatic carbocycles. The van der Waals surface area contributed by atoms with E-state index in [-0.39, 0.29) is 11.7 Å². The van der Waals surface area contributed by atoms with Crippen molar-refractivity contribution < 1.29 is 14.3 Å². The molecule has 4 nitrogen and oxygen atoms in total. The zero-order valence-corrected chi connectivity index (χ0v) is 15.1. The fourth-order valence-electron chi connectivity index (χ4n) is 3.85. The maximum absolute atomic E-state index is 12.7. The number of rotatable bonds is 3. The number of benzene rings is 2. The Kier molecular flexibility index (Phi) is 4.29. The molecule has 0 bridgehead atoms. The van der Waals surface area contributed by atoms with Crippen molar-refractivity contribution in [1.29, 1.82) is 0 Å². The lowest BCUT2D eigenvalue weighted by atomic mass is 9.82. The smallest absolute Gasteiger partial charge is 0.338 e. The molecule has 132 valence electrons. The van der Waals surface area contributed by atoms with Crippen LogP contribution in [0.15, 0.2) is 42.5 Å². The minimum atomic E-state index is -0.432. The highest BCUT2D eigenvalue weighted by molar-refractivity contribution is 6.31. The molecule has 1 aliphatic carbocycles. The lowest BCUT2D eigenvalue weighted by Gasteiger charge is -2.22. The third-order valence-electron chi connectivity index (χ3n) is 5.09. The van der Waals surface area contributed by atoms with E-state index in [1.54, 1.807) is 12.1 Å². The number of hydrogen-bond donors (Lipinski definition) is 1. The first-order valence-electron chi connectivity index (χ1n) is 8.59. The second kappa shape index (κ2) is 6.61. The van der Waals surface area contributed by atoms with Gasteiger partial charge in [0, 0.05) is 39.5 Å². The van der Waals surface area contributed by atoms with Crippen LogP contribution in [-0.2, 0) is 11.2 Å². The Morgan fingerprint density at radius 3 is 2.81 bits per heavy atom. The molecule has 1 N–H and O–H groups in total. The highest BCUT2D eigenvalue weighted by atomic mass is 35.5. The number of ether oxygens (including phenoxy) is 1. The predicted octanol–water partition coefficient (Wildman–Crippen LogP) is 4.91. The summed E-state index contributed by atoms with van der Waals surface area (Å²) in [6.45, 7) is 0. The van der Waals surface area contributed by atoms with Crippen LogP contribution in [0.2, 0.25) is 5.02 Å². The van der Waals surface area contributed by atoms with Crippen LogP contribution >= 0.6 is 11.6 Å². The molecule has 0 aliphatic heterocycles. The Bertz CT molecular complexity index is 1020. The highest BCUT2D eigenvalue weighted by Crippen LogP contribution is 2.39. The number of carbonyl (C=O) groups excluding carboxylic acids is 2. The fraction of sp³-hybridized carbons (Fsp3) is 0.238. The molecule has 1 aliphatic rings. The standard InChI is InChI=1S/C21H18ClNO3/c1-26-21(25)14-6-4-8-16-18(14)19-17(24)10-9-13(20(19)23-16)11-12-5-2-3-7-15(12)22/h2-8,13,23H,9-11H2,1H3. The number of carbonyl (C=O) groups is 2. The number of fused-ring (bicyclic) bond motifs is 3. The summed E-state index contributed by atoms with van der Waals surface area (Å²) < 4.78 is 4.90. The lowest BCUT2D eigenvalue weighted by Crippen LogP contribution is -2.17. The minimum Gasteiger partial charge on any atom is -0.465 e. The Hall–Kier alpha value is -2.59. The van der Waals surface area contributed by atoms with Gasteiger partial charge in [-0.15, -0.1) is 0 Å². The first kappa shape index (κ1) is 16.9. The Labute approximate surface area is 156 Å². The van der Waals surface area contributed by atoms with E-state index in [9.17, 15) is 9.59 Å². The molecule has 1 aromatic heterocycles. The van der Waals surface area contributed by atoms with Crippen LogP contribution in [-0.4, -0.2) is 23.8 Å². The molecule has 3 aromatic rings. The predicted molar refractivity (Wildman–Crippen MR) is 101 cm³/mol. The van der Waals surface area contributed by atoms with Gasteiger partial charge in [-0.05, 0) is 36.6 Å². The number of H-pyrrole nitrogens is 1. The number of ketones is 1. The van der Waals surface area contributed by atoms with E-state index in [0.717, 1.165) is 34.6 Å². The van der Waals surface area contributed by atoms with Crippen molar-refractivity contribution >= 4 is 34.3 Å². The molecule has 0 amide bonds. The van der Waals surface area contributed by atoms with Gasteiger partial charge in [0.05, 0.1) is 12.7 Å². The summed E-state index contributed by atoms with van der Waals surface area (Å²) in [5.41, 5.74) is 3.80. The van der Waals surface area contributed by atoms with Gasteiger partial charge in [0.25, 0.3) is 0 Å². The van der Waals surface area contributed by atoms with Crippen LogP contribution < -0.4 is 0 Å². The van der Waals surface area contributed by atoms with E-state index in [4.69, 9.17) is 16.3 Å². The molecule has 1 unspecified atom stereocenters. The van der Waals surface area contributed by atoms with Gasteiger partial charge in [0.2, 0.25) is 0 Å². The fourth-order valence-corrected chi connectivity index (χ4v) is 4.07. The summed E-state index contributed by atoms with van der Waals surface area (Å²) in [6, 6.07) is 13.2. The molecule has 0 saturated carbocycles. The van der Waals surface area contributed by atoms with Crippen molar-refractivity contribution in [3.8, 4) is 0 Å². The molecule has 0 radical (unpaired) electrons. The summed E-state index contributed by atoms with van der Waals surface area (Å²) in [5.74, 6) is -0.211. The number of aromatic amines is 1. The van der Waals surface area contributed by atoms with Gasteiger partial charge in [0.15, 0.2) is 5.78 Å². The molecule has 0 spiro atoms. The van der Waals surface area contributed by atoms with Crippen molar-refractivity contribution in [2.45, 2.75) is 25.2 Å². The maximum atomic E-state index is 12.7. The van der Waals surface area contributed by atoms with E-state index in [1.807, 2.05) is 30.3 Å². The molecule has 0 saturated heterocycles. The molecular weight excluding hydrogens is 350 g/mol. The quantitative estimate of drug-likeness (QED) is 0.669. The average Bonchev–Trinajstić information content (AvgIpc) is 3.05. The summed E-state index contributed by atoms with van der Waals surface area (Å²) in [6.07, 6.45) is 1.97. The molecular formula is C21H18ClNO3. The SMILES string of the molecule is COC(=O)c1cccc2[nH]c3c(c12)C(=O)CCC3Cc1ccccc1Cl. The third-order valence-corrected chi connectivity index (χ3v) is 5.46. The molecule has 5 heteroatoms. The summed E-state index contributed by atoms with van der Waals surface area (Å²) in [5, 5.41) is 1.40. The van der Waals surface area contributed by atoms with Crippen LogP contribution in [0.4, 0.5) is 0 Å². The largest absolute Gasteiger partial charge is 0.465 e. The lowest BCUT2D eigenvalue weighted by molar-refractivity contribution is 0.0603. The number of esters is 1. The van der Waals surface area contributed by atoms with E-state index < -0.39 is 5.97 Å². The van der Waals surface area contributed by atoms with Crippen molar-refractivity contribution in [3.63, 3.8) is 0 Å². The van der Waals surface area contributed by atoms with Gasteiger partial charge in [0.1, 0.15) is 0 Å². The average molecular weight is 368 g/mol. The maximum Gasteiger partial charge on any atom is 0.338 e. The number of Topliss-reactive ketones (excluding diaryl/α,β-unsaturated/α-hetero) is 1. The first-order chi connectivity index (χ1) is 12.6. The molecule has 1 atom stereocenters. The molecule has 26 heavy (non-hydrogen) atoms. The van der Waals surface area contributed by atoms with Crippen LogP contribution in [0.1, 0.15) is 50.7 Å². The van der Waals surface area contributed by atoms with E-state index in [1.165, 1.54) is 7.11 Å². The van der Waals surface area contributed by atoms with Gasteiger partial charge >= 0.3 is 5.97 Å². The number of methoxy groups -OCH3 is 1. The number of aromatic nitrogens is 1. The van der Waals surface area contributed by atoms with Crippen LogP contribution in [0.3, 0.4) is 0 Å². The van der Waals surface area contributed by atoms with Crippen LogP contribution in [0, 0.1) is 0 Å². The Morgan fingerprint density at radius 2 is 2.04 bits per heavy atom. The summed E-state index contributed by atoms with van der Waals surface area (Å²) >= 11 is 6.33. The summed E-state index contributed by atoms with van der Waals surface area (Å²) in [7, 11) is 1.35. The van der Waals surface area contributed by atoms with Crippen LogP contribution in [0.5, 0.6) is 0 Å². The Balaban J connectivity index is 1.85. The number of hydrogen-bond acceptors (Lipinski definition) is 3. The zero-order valence-electron chi connectivity index (χ0n) is 14.3. The van der Waals surface area contributed by atoms with Gasteiger partial charge in [-0.3, -0.25) is 4.79 Å². The third kappa shape index (κ3) is 2.71.